The van der Waals surface area contributed by atoms with Crippen LogP contribution in [0.4, 0.5) is 21.9 Å². The average molecular weight is 1370 g/mol. The fourth-order valence-electron chi connectivity index (χ4n) is 11.8. The molecule has 27 nitrogen and oxygen atoms in total. The lowest BCUT2D eigenvalue weighted by Gasteiger charge is -2.31. The van der Waals surface area contributed by atoms with E-state index in [2.05, 4.69) is 33.2 Å². The summed E-state index contributed by atoms with van der Waals surface area (Å²) >= 11 is 0. The average Bonchev–Trinajstić information content (AvgIpc) is 1.63. The van der Waals surface area contributed by atoms with Crippen LogP contribution in [0.5, 0.6) is 5.75 Å². The molecule has 0 spiro atoms. The predicted molar refractivity (Wildman–Crippen MR) is 365 cm³/mol. The van der Waals surface area contributed by atoms with E-state index in [-0.39, 0.29) is 187 Å². The molecule has 99 heavy (non-hydrogen) atoms. The van der Waals surface area contributed by atoms with Crippen molar-refractivity contribution < 1.29 is 81.9 Å². The summed E-state index contributed by atoms with van der Waals surface area (Å²) in [5.41, 5.74) is 5.93. The SMILES string of the molecule is C=C1C[C@H]2C(O)N(C(=O)OCc3ccc(CC(=O)[C@H](C)NC(=O)[C@@H](CC(=O)CCOCCOCCNC(=O)CCN4C(=O)CC(C)C4=O)C(C)C)cc3)c3cc(OCCCC(=O)Nc4cc(C(=O)Nc5ccc(-c6cc(C(=O)NCCCO)n(C)c6)cc5)n(C)c4)c(C)cc3C(=O)N2C1. The molecule has 2 aromatic heterocycles. The van der Waals surface area contributed by atoms with E-state index in [9.17, 15) is 57.8 Å². The second-order valence-corrected chi connectivity index (χ2v) is 25.6. The van der Waals surface area contributed by atoms with Gasteiger partial charge in [0, 0.05) is 127 Å². The zero-order chi connectivity index (χ0) is 71.6. The second kappa shape index (κ2) is 35.1. The molecule has 3 aliphatic rings. The quantitative estimate of drug-likeness (QED) is 0.0141. The number of imide groups is 1. The van der Waals surface area contributed by atoms with E-state index in [1.54, 1.807) is 105 Å². The summed E-state index contributed by atoms with van der Waals surface area (Å²) in [6.45, 7) is 14.0. The van der Waals surface area contributed by atoms with Crippen molar-refractivity contribution in [2.45, 2.75) is 117 Å². The smallest absolute Gasteiger partial charge is 0.416 e. The van der Waals surface area contributed by atoms with Gasteiger partial charge in [-0.2, -0.15) is 0 Å². The van der Waals surface area contributed by atoms with Gasteiger partial charge in [0.05, 0.1) is 62.1 Å². The number of carbonyl (C=O) groups excluding carboxylic acids is 11. The molecular formula is C72H90N10O17. The molecule has 5 aromatic rings. The van der Waals surface area contributed by atoms with Crippen LogP contribution in [0.25, 0.3) is 11.1 Å². The highest BCUT2D eigenvalue weighted by atomic mass is 16.6. The lowest BCUT2D eigenvalue weighted by atomic mass is 9.88. The Morgan fingerprint density at radius 2 is 1.41 bits per heavy atom. The topological polar surface area (TPSA) is 345 Å². The van der Waals surface area contributed by atoms with Crippen LogP contribution in [0.3, 0.4) is 0 Å². The molecule has 8 rings (SSSR count). The first-order valence-electron chi connectivity index (χ1n) is 33.3. The summed E-state index contributed by atoms with van der Waals surface area (Å²) in [5, 5.41) is 34.9. The number of nitrogens with one attached hydrogen (secondary N) is 5. The van der Waals surface area contributed by atoms with Crippen LogP contribution in [0.15, 0.2) is 97.3 Å². The Morgan fingerprint density at radius 1 is 0.717 bits per heavy atom. The fourth-order valence-corrected chi connectivity index (χ4v) is 11.8. The molecule has 9 amide bonds. The number of carbonyl (C=O) groups is 11. The molecule has 0 saturated carbocycles. The number of rotatable bonds is 35. The largest absolute Gasteiger partial charge is 0.493 e. The maximum Gasteiger partial charge on any atom is 0.416 e. The van der Waals surface area contributed by atoms with Gasteiger partial charge in [-0.25, -0.2) is 9.69 Å². The Labute approximate surface area is 574 Å². The van der Waals surface area contributed by atoms with Gasteiger partial charge in [-0.1, -0.05) is 69.3 Å². The van der Waals surface area contributed by atoms with Gasteiger partial charge in [-0.05, 0) is 91.6 Å². The van der Waals surface area contributed by atoms with Crippen molar-refractivity contribution >= 4 is 82.0 Å². The Morgan fingerprint density at radius 3 is 2.11 bits per heavy atom. The van der Waals surface area contributed by atoms with Gasteiger partial charge in [0.25, 0.3) is 17.7 Å². The van der Waals surface area contributed by atoms with Crippen LogP contribution in [0, 0.1) is 24.7 Å². The van der Waals surface area contributed by atoms with Gasteiger partial charge in [0.1, 0.15) is 29.5 Å². The van der Waals surface area contributed by atoms with Gasteiger partial charge in [0.2, 0.25) is 29.5 Å². The molecule has 3 aliphatic heterocycles. The summed E-state index contributed by atoms with van der Waals surface area (Å²) < 4.78 is 26.3. The molecule has 2 fully saturated rings. The zero-order valence-electron chi connectivity index (χ0n) is 57.2. The third kappa shape index (κ3) is 20.2. The van der Waals surface area contributed by atoms with Gasteiger partial charge in [-0.3, -0.25) is 52.8 Å². The number of likely N-dealkylation sites (tertiary alicyclic amines) is 1. The van der Waals surface area contributed by atoms with Crippen LogP contribution < -0.4 is 36.2 Å². The number of benzene rings is 3. The first-order chi connectivity index (χ1) is 47.3. The number of aryl methyl sites for hydroxylation is 3. The lowest BCUT2D eigenvalue weighted by molar-refractivity contribution is -0.139. The third-order valence-corrected chi connectivity index (χ3v) is 17.5. The number of hydrogen-bond acceptors (Lipinski definition) is 17. The van der Waals surface area contributed by atoms with E-state index >= 15 is 0 Å². The highest BCUT2D eigenvalue weighted by Gasteiger charge is 2.46. The molecule has 5 heterocycles. The number of aliphatic hydroxyl groups is 2. The number of aromatic nitrogens is 2. The Hall–Kier alpha value is -9.83. The van der Waals surface area contributed by atoms with E-state index in [1.807, 2.05) is 32.2 Å². The molecule has 2 unspecified atom stereocenters. The predicted octanol–water partition coefficient (Wildman–Crippen LogP) is 5.92. The maximum absolute atomic E-state index is 14.2. The molecular weight excluding hydrogens is 1280 g/mol. The first kappa shape index (κ1) is 75.0. The Kier molecular flexibility index (Phi) is 26.6. The summed E-state index contributed by atoms with van der Waals surface area (Å²) in [5.74, 6) is -4.14. The van der Waals surface area contributed by atoms with Crippen LogP contribution in [0.2, 0.25) is 0 Å². The van der Waals surface area contributed by atoms with Crippen molar-refractivity contribution in [3.05, 3.63) is 131 Å². The van der Waals surface area contributed by atoms with Crippen molar-refractivity contribution in [1.29, 1.82) is 0 Å². The van der Waals surface area contributed by atoms with Gasteiger partial charge < -0.3 is 69.8 Å². The molecule has 0 bridgehead atoms. The van der Waals surface area contributed by atoms with Crippen molar-refractivity contribution in [2.75, 3.05) is 81.4 Å². The number of hydrogen-bond donors (Lipinski definition) is 7. The third-order valence-electron chi connectivity index (χ3n) is 17.5. The normalized spacial score (nSPS) is 16.4. The van der Waals surface area contributed by atoms with Crippen molar-refractivity contribution in [3.63, 3.8) is 0 Å². The number of nitrogens with zero attached hydrogens (tertiary/aromatic N) is 5. The van der Waals surface area contributed by atoms with Crippen LogP contribution in [0.1, 0.15) is 127 Å². The molecule has 3 aromatic carbocycles. The van der Waals surface area contributed by atoms with Crippen LogP contribution in [-0.2, 0) is 74.9 Å². The summed E-state index contributed by atoms with van der Waals surface area (Å²) in [4.78, 5) is 147. The van der Waals surface area contributed by atoms with E-state index < -0.39 is 48.0 Å². The zero-order valence-corrected chi connectivity index (χ0v) is 57.2. The lowest BCUT2D eigenvalue weighted by Crippen LogP contribution is -2.50. The molecule has 2 saturated heterocycles. The fraction of sp³-hybridized carbons (Fsp3) is 0.458. The van der Waals surface area contributed by atoms with Gasteiger partial charge >= 0.3 is 6.09 Å². The molecule has 5 atom stereocenters. The van der Waals surface area contributed by atoms with Crippen molar-refractivity contribution in [1.82, 2.24) is 34.9 Å². The van der Waals surface area contributed by atoms with Gasteiger partial charge in [-0.15, -0.1) is 0 Å². The summed E-state index contributed by atoms with van der Waals surface area (Å²) in [6.07, 6.45) is 2.07. The number of anilines is 3. The van der Waals surface area contributed by atoms with Crippen LogP contribution >= 0.6 is 0 Å². The minimum atomic E-state index is -1.54. The van der Waals surface area contributed by atoms with Crippen LogP contribution in [-0.4, -0.2) is 178 Å². The van der Waals surface area contributed by atoms with Crippen molar-refractivity contribution in [2.24, 2.45) is 31.8 Å². The second-order valence-electron chi connectivity index (χ2n) is 25.6. The Balaban J connectivity index is 0.764. The molecule has 530 valence electrons. The number of aliphatic hydroxyl groups excluding tert-OH is 2. The molecule has 7 N–H and O–H groups in total. The monoisotopic (exact) mass is 1370 g/mol. The minimum absolute atomic E-state index is 0.00195. The van der Waals surface area contributed by atoms with E-state index in [0.717, 1.165) is 20.9 Å². The molecule has 0 aliphatic carbocycles. The van der Waals surface area contributed by atoms with E-state index in [1.165, 1.54) is 11.0 Å². The highest BCUT2D eigenvalue weighted by molar-refractivity contribution is 6.07. The molecule has 0 radical (unpaired) electrons. The number of fused-ring (bicyclic) bond motifs is 2. The maximum atomic E-state index is 14.2. The summed E-state index contributed by atoms with van der Waals surface area (Å²) in [6, 6.07) is 18.6. The number of Topliss-reactive ketones (excluding diaryl/α,β-unsaturated/α-hetero) is 2. The van der Waals surface area contributed by atoms with E-state index in [0.29, 0.717) is 58.0 Å². The Bertz CT molecular complexity index is 3800. The summed E-state index contributed by atoms with van der Waals surface area (Å²) in [7, 11) is 3.45. The number of ether oxygens (including phenoxy) is 4. The molecule has 27 heteroatoms. The minimum Gasteiger partial charge on any atom is -0.493 e. The van der Waals surface area contributed by atoms with Gasteiger partial charge in [0.15, 0.2) is 12.0 Å². The highest BCUT2D eigenvalue weighted by Crippen LogP contribution is 2.40. The number of amides is 9. The standard InChI is InChI=1S/C72H90N10O17/c1-43(2)55(37-54(84)21-27-96-29-30-97-28-23-73-63(86)20-24-80-65(88)33-46(5)69(80)92)66(89)75-47(6)61(85)34-48-12-14-49(15-13-48)42-99-72(95)82-57-38-62(45(4)32-56(57)70(93)81-39-44(3)31-60(81)71(82)94)98-26-9-11-64(87)76-53-36-59(79(8)41-53)68(91)77-52-18-16-50(17-19-52)51-35-58(78(7)40-51)67(90)74-22-10-25-83/h12-19,32,35-36,38,40-41,43,46-47,55,60,71,83,94H,3,9-11,20-31,33-34,37,39,42H2,1-2,4-8H3,(H,73,86)(H,74,90)(H,75,89)(H,76,87)(H,77,91)/t46?,47-,55-,60-,71?/m0/s1. The van der Waals surface area contributed by atoms with Crippen molar-refractivity contribution in [3.8, 4) is 16.9 Å². The first-order valence-corrected chi connectivity index (χ1v) is 33.3. The number of ketones is 2. The van der Waals surface area contributed by atoms with E-state index in [4.69, 9.17) is 24.1 Å².